The van der Waals surface area contributed by atoms with Crippen LogP contribution in [-0.2, 0) is 19.5 Å². The predicted octanol–water partition coefficient (Wildman–Crippen LogP) is 2.76. The van der Waals surface area contributed by atoms with Crippen LogP contribution in [0.5, 0.6) is 0 Å². The normalized spacial score (nSPS) is 11.3. The highest BCUT2D eigenvalue weighted by Gasteiger charge is 2.04. The number of aryl methyl sites for hydroxylation is 1. The fourth-order valence-electron chi connectivity index (χ4n) is 2.83. The molecule has 0 aliphatic heterocycles. The van der Waals surface area contributed by atoms with Gasteiger partial charge in [0.1, 0.15) is 12.2 Å². The van der Waals surface area contributed by atoms with E-state index in [4.69, 9.17) is 4.99 Å². The first-order chi connectivity index (χ1) is 12.8. The summed E-state index contributed by atoms with van der Waals surface area (Å²) in [5, 5.41) is 15.9. The summed E-state index contributed by atoms with van der Waals surface area (Å²) in [5.74, 6) is 1.80. The first-order valence-electron chi connectivity index (χ1n) is 9.03. The molecule has 0 amide bonds. The fraction of sp³-hybridized carbons (Fsp3) is 0.368. The van der Waals surface area contributed by atoms with Crippen LogP contribution in [0.3, 0.4) is 0 Å². The van der Waals surface area contributed by atoms with E-state index in [9.17, 15) is 0 Å². The number of rotatable bonds is 7. The lowest BCUT2D eigenvalue weighted by Crippen LogP contribution is -2.38. The second-order valence-corrected chi connectivity index (χ2v) is 5.90. The van der Waals surface area contributed by atoms with Crippen LogP contribution in [-0.4, -0.2) is 38.8 Å². The summed E-state index contributed by atoms with van der Waals surface area (Å²) in [7, 11) is 0. The van der Waals surface area contributed by atoms with Crippen LogP contribution in [0.4, 0.5) is 0 Å². The van der Waals surface area contributed by atoms with Crippen molar-refractivity contribution in [1.82, 2.24) is 30.4 Å². The molecule has 0 saturated heterocycles. The van der Waals surface area contributed by atoms with Crippen LogP contribution in [0.15, 0.2) is 47.8 Å². The molecule has 2 N–H and O–H groups in total. The SMILES string of the molecule is CCNC(=NCc1ccnc2ccccc12)NCCn1cnnc1CC.I. The van der Waals surface area contributed by atoms with Gasteiger partial charge in [0.15, 0.2) is 5.96 Å². The Labute approximate surface area is 176 Å². The minimum absolute atomic E-state index is 0. The van der Waals surface area contributed by atoms with E-state index < -0.39 is 0 Å². The van der Waals surface area contributed by atoms with Gasteiger partial charge in [-0.3, -0.25) is 4.98 Å². The molecule has 27 heavy (non-hydrogen) atoms. The van der Waals surface area contributed by atoms with Crippen LogP contribution < -0.4 is 10.6 Å². The van der Waals surface area contributed by atoms with Gasteiger partial charge < -0.3 is 15.2 Å². The molecule has 0 aliphatic carbocycles. The molecule has 0 spiro atoms. The quantitative estimate of drug-likeness (QED) is 0.310. The van der Waals surface area contributed by atoms with Gasteiger partial charge in [0.2, 0.25) is 0 Å². The number of fused-ring (bicyclic) bond motifs is 1. The molecular formula is C19H26IN7. The predicted molar refractivity (Wildman–Crippen MR) is 119 cm³/mol. The number of hydrogen-bond acceptors (Lipinski definition) is 4. The molecule has 3 aromatic rings. The fourth-order valence-corrected chi connectivity index (χ4v) is 2.83. The van der Waals surface area contributed by atoms with Crippen molar-refractivity contribution < 1.29 is 0 Å². The topological polar surface area (TPSA) is 80.0 Å². The van der Waals surface area contributed by atoms with Crippen molar-refractivity contribution >= 4 is 40.8 Å². The van der Waals surface area contributed by atoms with Crippen LogP contribution in [0.25, 0.3) is 10.9 Å². The third-order valence-electron chi connectivity index (χ3n) is 4.15. The van der Waals surface area contributed by atoms with Gasteiger partial charge >= 0.3 is 0 Å². The van der Waals surface area contributed by atoms with Gasteiger partial charge in [-0.05, 0) is 24.6 Å². The summed E-state index contributed by atoms with van der Waals surface area (Å²) in [6.45, 7) is 7.13. The van der Waals surface area contributed by atoms with Crippen LogP contribution in [0.2, 0.25) is 0 Å². The van der Waals surface area contributed by atoms with E-state index in [1.807, 2.05) is 30.5 Å². The van der Waals surface area contributed by atoms with Crippen LogP contribution >= 0.6 is 24.0 Å². The Morgan fingerprint density at radius 3 is 2.81 bits per heavy atom. The van der Waals surface area contributed by atoms with E-state index in [2.05, 4.69) is 50.3 Å². The summed E-state index contributed by atoms with van der Waals surface area (Å²) in [6, 6.07) is 10.2. The molecule has 2 aromatic heterocycles. The first-order valence-corrected chi connectivity index (χ1v) is 9.03. The van der Waals surface area contributed by atoms with Gasteiger partial charge in [-0.15, -0.1) is 34.2 Å². The zero-order valence-electron chi connectivity index (χ0n) is 15.7. The zero-order chi connectivity index (χ0) is 18.2. The molecule has 0 fully saturated rings. The number of nitrogens with one attached hydrogen (secondary N) is 2. The lowest BCUT2D eigenvalue weighted by atomic mass is 10.1. The Kier molecular flexibility index (Phi) is 8.43. The van der Waals surface area contributed by atoms with Crippen molar-refractivity contribution in [3.8, 4) is 0 Å². The number of halogens is 1. The van der Waals surface area contributed by atoms with E-state index in [0.29, 0.717) is 6.54 Å². The monoisotopic (exact) mass is 479 g/mol. The molecule has 7 nitrogen and oxygen atoms in total. The minimum atomic E-state index is 0. The summed E-state index contributed by atoms with van der Waals surface area (Å²) in [6.07, 6.45) is 4.49. The Hall–Kier alpha value is -2.23. The number of pyridine rings is 1. The van der Waals surface area contributed by atoms with Crippen molar-refractivity contribution in [2.24, 2.45) is 4.99 Å². The molecule has 3 rings (SSSR count). The van der Waals surface area contributed by atoms with Gasteiger partial charge in [0.05, 0.1) is 12.1 Å². The number of guanidine groups is 1. The molecule has 0 radical (unpaired) electrons. The number of para-hydroxylation sites is 1. The van der Waals surface area contributed by atoms with Crippen molar-refractivity contribution in [3.05, 3.63) is 54.2 Å². The summed E-state index contributed by atoms with van der Waals surface area (Å²) in [4.78, 5) is 9.13. The number of aliphatic imine (C=N–C) groups is 1. The standard InChI is InChI=1S/C19H25N7.HI/c1-3-18-25-24-14-26(18)12-11-22-19(20-4-2)23-13-15-9-10-21-17-8-6-5-7-16(15)17;/h5-10,14H,3-4,11-13H2,1-2H3,(H2,20,22,23);1H. The van der Waals surface area contributed by atoms with Crippen molar-refractivity contribution in [1.29, 1.82) is 0 Å². The third kappa shape index (κ3) is 5.62. The van der Waals surface area contributed by atoms with Crippen LogP contribution in [0, 0.1) is 0 Å². The smallest absolute Gasteiger partial charge is 0.191 e. The van der Waals surface area contributed by atoms with Gasteiger partial charge in [-0.25, -0.2) is 4.99 Å². The maximum Gasteiger partial charge on any atom is 0.191 e. The number of benzene rings is 1. The van der Waals surface area contributed by atoms with Gasteiger partial charge in [-0.2, -0.15) is 0 Å². The van der Waals surface area contributed by atoms with E-state index >= 15 is 0 Å². The Bertz CT molecular complexity index is 870. The molecule has 1 aromatic carbocycles. The minimum Gasteiger partial charge on any atom is -0.357 e. The van der Waals surface area contributed by atoms with Crippen molar-refractivity contribution in [2.45, 2.75) is 33.4 Å². The van der Waals surface area contributed by atoms with E-state index in [1.165, 1.54) is 5.56 Å². The van der Waals surface area contributed by atoms with Crippen molar-refractivity contribution in [2.75, 3.05) is 13.1 Å². The van der Waals surface area contributed by atoms with E-state index in [1.54, 1.807) is 6.33 Å². The number of aromatic nitrogens is 4. The maximum atomic E-state index is 4.72. The molecule has 0 saturated carbocycles. The summed E-state index contributed by atoms with van der Waals surface area (Å²) in [5.41, 5.74) is 2.16. The van der Waals surface area contributed by atoms with E-state index in [-0.39, 0.29) is 24.0 Å². The highest BCUT2D eigenvalue weighted by atomic mass is 127. The summed E-state index contributed by atoms with van der Waals surface area (Å²) < 4.78 is 2.06. The van der Waals surface area contributed by atoms with E-state index in [0.717, 1.165) is 48.7 Å². The Morgan fingerprint density at radius 2 is 2.00 bits per heavy atom. The zero-order valence-corrected chi connectivity index (χ0v) is 18.1. The number of nitrogens with zero attached hydrogens (tertiary/aromatic N) is 5. The Morgan fingerprint density at radius 1 is 1.15 bits per heavy atom. The molecule has 0 atom stereocenters. The number of hydrogen-bond donors (Lipinski definition) is 2. The average Bonchev–Trinajstić information content (AvgIpc) is 3.13. The Balaban J connectivity index is 0.00000261. The second kappa shape index (κ2) is 10.8. The lowest BCUT2D eigenvalue weighted by Gasteiger charge is -2.12. The lowest BCUT2D eigenvalue weighted by molar-refractivity contribution is 0.632. The highest BCUT2D eigenvalue weighted by molar-refractivity contribution is 14.0. The second-order valence-electron chi connectivity index (χ2n) is 5.90. The molecule has 8 heteroatoms. The first kappa shape index (κ1) is 21.1. The van der Waals surface area contributed by atoms with Gasteiger partial charge in [-0.1, -0.05) is 25.1 Å². The van der Waals surface area contributed by atoms with Gasteiger partial charge in [0.25, 0.3) is 0 Å². The molecular weight excluding hydrogens is 453 g/mol. The molecule has 0 unspecified atom stereocenters. The maximum absolute atomic E-state index is 4.72. The molecule has 0 aliphatic rings. The average molecular weight is 479 g/mol. The summed E-state index contributed by atoms with van der Waals surface area (Å²) >= 11 is 0. The largest absolute Gasteiger partial charge is 0.357 e. The molecule has 144 valence electrons. The highest BCUT2D eigenvalue weighted by Crippen LogP contribution is 2.16. The third-order valence-corrected chi connectivity index (χ3v) is 4.15. The van der Waals surface area contributed by atoms with Gasteiger partial charge in [0, 0.05) is 37.6 Å². The molecule has 0 bridgehead atoms. The van der Waals surface area contributed by atoms with Crippen molar-refractivity contribution in [3.63, 3.8) is 0 Å². The van der Waals surface area contributed by atoms with Crippen LogP contribution in [0.1, 0.15) is 25.2 Å². The molecule has 2 heterocycles.